The predicted molar refractivity (Wildman–Crippen MR) is 120 cm³/mol. The molecule has 0 aliphatic carbocycles. The van der Waals surface area contributed by atoms with Crippen LogP contribution in [-0.4, -0.2) is 20.9 Å². The molecule has 30 heavy (non-hydrogen) atoms. The molecule has 1 atom stereocenters. The monoisotopic (exact) mass is 422 g/mol. The third-order valence-electron chi connectivity index (χ3n) is 5.04. The number of nitrogens with one attached hydrogen (secondary N) is 1. The van der Waals surface area contributed by atoms with Crippen LogP contribution >= 0.6 is 0 Å². The fourth-order valence-corrected chi connectivity index (χ4v) is 4.92. The van der Waals surface area contributed by atoms with Gasteiger partial charge in [-0.25, -0.2) is 8.42 Å². The van der Waals surface area contributed by atoms with E-state index >= 15 is 0 Å². The van der Waals surface area contributed by atoms with Gasteiger partial charge in [0, 0.05) is 12.1 Å². The van der Waals surface area contributed by atoms with E-state index in [1.165, 1.54) is 4.31 Å². The van der Waals surface area contributed by atoms with Gasteiger partial charge in [0.25, 0.3) is 15.9 Å². The molecule has 0 fully saturated rings. The maximum atomic E-state index is 13.0. The number of hydrogen-bond donors (Lipinski definition) is 1. The summed E-state index contributed by atoms with van der Waals surface area (Å²) in [7, 11) is -3.66. The summed E-state index contributed by atoms with van der Waals surface area (Å²) >= 11 is 0. The molecule has 3 aromatic rings. The molecule has 0 bridgehead atoms. The van der Waals surface area contributed by atoms with Crippen molar-refractivity contribution in [3.63, 3.8) is 0 Å². The van der Waals surface area contributed by atoms with Crippen LogP contribution in [0.1, 0.15) is 41.4 Å². The Bertz CT molecular complexity index is 1110. The van der Waals surface area contributed by atoms with Crippen molar-refractivity contribution in [3.8, 4) is 0 Å². The minimum absolute atomic E-state index is 0.135. The van der Waals surface area contributed by atoms with E-state index in [-0.39, 0.29) is 23.4 Å². The van der Waals surface area contributed by atoms with Crippen LogP contribution in [0.2, 0.25) is 0 Å². The second kappa shape index (κ2) is 9.13. The van der Waals surface area contributed by atoms with Crippen molar-refractivity contribution in [2.45, 2.75) is 31.7 Å². The lowest BCUT2D eigenvalue weighted by atomic mass is 10.0. The lowest BCUT2D eigenvalue weighted by molar-refractivity contribution is 0.0940. The number of rotatable bonds is 7. The fraction of sp³-hybridized carbons (Fsp3) is 0.208. The van der Waals surface area contributed by atoms with Gasteiger partial charge in [-0.1, -0.05) is 42.5 Å². The van der Waals surface area contributed by atoms with Gasteiger partial charge in [0.15, 0.2) is 0 Å². The Hall–Kier alpha value is -3.12. The summed E-state index contributed by atoms with van der Waals surface area (Å²) in [5, 5.41) is 3.00. The summed E-state index contributed by atoms with van der Waals surface area (Å²) in [6.45, 7) is 6.03. The molecule has 156 valence electrons. The molecule has 0 aromatic heterocycles. The Morgan fingerprint density at radius 2 is 1.53 bits per heavy atom. The highest BCUT2D eigenvalue weighted by atomic mass is 32.2. The molecule has 0 radical (unpaired) electrons. The zero-order valence-electron chi connectivity index (χ0n) is 17.4. The Balaban J connectivity index is 1.78. The molecule has 0 aliphatic heterocycles. The third kappa shape index (κ3) is 4.54. The minimum atomic E-state index is -3.66. The standard InChI is InChI=1S/C24H26N2O3S/c1-4-26(30(28,29)22-11-6-5-7-12-22)21-16-14-20(15-17-21)24(27)25-19(3)23-13-9-8-10-18(23)2/h5-17,19H,4H2,1-3H3,(H,25,27). The van der Waals surface area contributed by atoms with E-state index in [4.69, 9.17) is 0 Å². The van der Waals surface area contributed by atoms with Gasteiger partial charge >= 0.3 is 0 Å². The summed E-state index contributed by atoms with van der Waals surface area (Å²) in [5.74, 6) is -0.203. The zero-order chi connectivity index (χ0) is 21.7. The van der Waals surface area contributed by atoms with Gasteiger partial charge in [-0.2, -0.15) is 0 Å². The minimum Gasteiger partial charge on any atom is -0.346 e. The van der Waals surface area contributed by atoms with Crippen LogP contribution in [-0.2, 0) is 10.0 Å². The van der Waals surface area contributed by atoms with Gasteiger partial charge in [0.1, 0.15) is 0 Å². The first-order valence-corrected chi connectivity index (χ1v) is 11.3. The average molecular weight is 423 g/mol. The van der Waals surface area contributed by atoms with Crippen LogP contribution in [0.5, 0.6) is 0 Å². The first-order valence-electron chi connectivity index (χ1n) is 9.89. The normalized spacial score (nSPS) is 12.2. The lowest BCUT2D eigenvalue weighted by Gasteiger charge is -2.23. The van der Waals surface area contributed by atoms with Gasteiger partial charge in [-0.3, -0.25) is 9.10 Å². The van der Waals surface area contributed by atoms with Gasteiger partial charge in [0.05, 0.1) is 16.6 Å². The molecule has 0 saturated carbocycles. The van der Waals surface area contributed by atoms with Crippen molar-refractivity contribution in [1.29, 1.82) is 0 Å². The number of nitrogens with zero attached hydrogens (tertiary/aromatic N) is 1. The molecule has 0 heterocycles. The van der Waals surface area contributed by atoms with Crippen molar-refractivity contribution in [2.75, 3.05) is 10.8 Å². The van der Waals surface area contributed by atoms with E-state index in [1.807, 2.05) is 38.1 Å². The largest absolute Gasteiger partial charge is 0.346 e. The molecule has 0 saturated heterocycles. The maximum absolute atomic E-state index is 13.0. The van der Waals surface area contributed by atoms with Crippen LogP contribution in [0, 0.1) is 6.92 Å². The van der Waals surface area contributed by atoms with E-state index < -0.39 is 10.0 Å². The number of hydrogen-bond acceptors (Lipinski definition) is 3. The quantitative estimate of drug-likeness (QED) is 0.600. The van der Waals surface area contributed by atoms with E-state index in [0.29, 0.717) is 11.3 Å². The number of carbonyl (C=O) groups is 1. The Morgan fingerprint density at radius 3 is 2.13 bits per heavy atom. The molecule has 1 amide bonds. The van der Waals surface area contributed by atoms with Crippen molar-refractivity contribution in [3.05, 3.63) is 95.6 Å². The van der Waals surface area contributed by atoms with Crippen LogP contribution < -0.4 is 9.62 Å². The Labute approximate surface area is 178 Å². The number of aryl methyl sites for hydroxylation is 1. The highest BCUT2D eigenvalue weighted by Gasteiger charge is 2.23. The Morgan fingerprint density at radius 1 is 0.933 bits per heavy atom. The first kappa shape index (κ1) is 21.6. The van der Waals surface area contributed by atoms with Crippen LogP contribution in [0.4, 0.5) is 5.69 Å². The predicted octanol–water partition coefficient (Wildman–Crippen LogP) is 4.70. The first-order chi connectivity index (χ1) is 14.3. The third-order valence-corrected chi connectivity index (χ3v) is 6.96. The summed E-state index contributed by atoms with van der Waals surface area (Å²) < 4.78 is 27.3. The molecule has 0 spiro atoms. The number of carbonyl (C=O) groups excluding carboxylic acids is 1. The lowest BCUT2D eigenvalue weighted by Crippen LogP contribution is -2.31. The van der Waals surface area contributed by atoms with Crippen molar-refractivity contribution >= 4 is 21.6 Å². The van der Waals surface area contributed by atoms with Gasteiger partial charge in [-0.05, 0) is 68.3 Å². The molecular formula is C24H26N2O3S. The van der Waals surface area contributed by atoms with Crippen LogP contribution in [0.3, 0.4) is 0 Å². The van der Waals surface area contributed by atoms with Crippen LogP contribution in [0.15, 0.2) is 83.8 Å². The number of amides is 1. The highest BCUT2D eigenvalue weighted by Crippen LogP contribution is 2.24. The molecule has 1 N–H and O–H groups in total. The van der Waals surface area contributed by atoms with E-state index in [1.54, 1.807) is 61.5 Å². The SMILES string of the molecule is CCN(c1ccc(C(=O)NC(C)c2ccccc2C)cc1)S(=O)(=O)c1ccccc1. The second-order valence-corrected chi connectivity index (χ2v) is 8.94. The van der Waals surface area contributed by atoms with E-state index in [9.17, 15) is 13.2 Å². The van der Waals surface area contributed by atoms with E-state index in [0.717, 1.165) is 11.1 Å². The van der Waals surface area contributed by atoms with Crippen LogP contribution in [0.25, 0.3) is 0 Å². The highest BCUT2D eigenvalue weighted by molar-refractivity contribution is 7.92. The topological polar surface area (TPSA) is 66.5 Å². The van der Waals surface area contributed by atoms with Gasteiger partial charge in [0.2, 0.25) is 0 Å². The van der Waals surface area contributed by atoms with E-state index in [2.05, 4.69) is 5.32 Å². The van der Waals surface area contributed by atoms with Crippen molar-refractivity contribution < 1.29 is 13.2 Å². The molecule has 1 unspecified atom stereocenters. The van der Waals surface area contributed by atoms with Gasteiger partial charge in [-0.15, -0.1) is 0 Å². The summed E-state index contributed by atoms with van der Waals surface area (Å²) in [6.07, 6.45) is 0. The van der Waals surface area contributed by atoms with Crippen molar-refractivity contribution in [2.24, 2.45) is 0 Å². The number of benzene rings is 3. The van der Waals surface area contributed by atoms with Crippen molar-refractivity contribution in [1.82, 2.24) is 5.32 Å². The Kier molecular flexibility index (Phi) is 6.57. The summed E-state index contributed by atoms with van der Waals surface area (Å²) in [4.78, 5) is 12.9. The summed E-state index contributed by atoms with van der Waals surface area (Å²) in [6, 6.07) is 22.8. The van der Waals surface area contributed by atoms with Gasteiger partial charge < -0.3 is 5.32 Å². The molecule has 6 heteroatoms. The number of anilines is 1. The second-order valence-electron chi connectivity index (χ2n) is 7.08. The fourth-order valence-electron chi connectivity index (χ4n) is 3.42. The smallest absolute Gasteiger partial charge is 0.264 e. The average Bonchev–Trinajstić information content (AvgIpc) is 2.75. The maximum Gasteiger partial charge on any atom is 0.264 e. The molecule has 3 aromatic carbocycles. The molecular weight excluding hydrogens is 396 g/mol. The molecule has 5 nitrogen and oxygen atoms in total. The molecule has 0 aliphatic rings. The number of sulfonamides is 1. The molecule has 3 rings (SSSR count). The summed E-state index contributed by atoms with van der Waals surface area (Å²) in [5.41, 5.74) is 3.18. The zero-order valence-corrected chi connectivity index (χ0v) is 18.2.